The first kappa shape index (κ1) is 38.6. The van der Waals surface area contributed by atoms with Crippen LogP contribution in [0.25, 0.3) is 78.0 Å². The summed E-state index contributed by atoms with van der Waals surface area (Å²) in [6.07, 6.45) is 2.13. The van der Waals surface area contributed by atoms with E-state index in [4.69, 9.17) is 4.99 Å². The Morgan fingerprint density at radius 2 is 0.590 bits per heavy atom. The number of rotatable bonds is 11. The van der Waals surface area contributed by atoms with Crippen LogP contribution in [0.3, 0.4) is 0 Å². The van der Waals surface area contributed by atoms with Crippen molar-refractivity contribution in [3.63, 3.8) is 0 Å². The lowest BCUT2D eigenvalue weighted by molar-refractivity contribution is 1.46. The Labute approximate surface area is 360 Å². The summed E-state index contributed by atoms with van der Waals surface area (Å²) >= 11 is 0. The molecule has 9 rings (SSSR count). The number of benzene rings is 9. The van der Waals surface area contributed by atoms with Crippen LogP contribution in [-0.2, 0) is 0 Å². The zero-order chi connectivity index (χ0) is 41.4. The highest BCUT2D eigenvalue weighted by molar-refractivity contribution is 6.04. The van der Waals surface area contributed by atoms with E-state index in [1.165, 1.54) is 22.3 Å². The predicted molar refractivity (Wildman–Crippen MR) is 261 cm³/mol. The summed E-state index contributed by atoms with van der Waals surface area (Å²) in [5, 5.41) is 0. The second-order valence-electron chi connectivity index (χ2n) is 15.3. The molecule has 0 fully saturated rings. The third-order valence-corrected chi connectivity index (χ3v) is 11.2. The van der Waals surface area contributed by atoms with Crippen molar-refractivity contribution in [2.45, 2.75) is 6.92 Å². The molecule has 0 heterocycles. The van der Waals surface area contributed by atoms with E-state index in [0.29, 0.717) is 0 Å². The van der Waals surface area contributed by atoms with Crippen LogP contribution >= 0.6 is 0 Å². The topological polar surface area (TPSA) is 12.4 Å². The molecular formula is C60H45N. The molecule has 0 atom stereocenters. The molecule has 0 aliphatic carbocycles. The molecule has 1 nitrogen and oxygen atoms in total. The largest absolute Gasteiger partial charge is 0.252 e. The number of hydrogen-bond donors (Lipinski definition) is 0. The molecule has 0 bridgehead atoms. The van der Waals surface area contributed by atoms with Gasteiger partial charge < -0.3 is 0 Å². The van der Waals surface area contributed by atoms with Gasteiger partial charge in [-0.2, -0.15) is 0 Å². The van der Waals surface area contributed by atoms with Gasteiger partial charge in [0, 0.05) is 11.3 Å². The third-order valence-electron chi connectivity index (χ3n) is 11.2. The molecule has 0 saturated carbocycles. The molecule has 0 spiro atoms. The molecule has 1 heteroatoms. The highest BCUT2D eigenvalue weighted by Gasteiger charge is 2.13. The average Bonchev–Trinajstić information content (AvgIpc) is 3.35. The molecule has 61 heavy (non-hydrogen) atoms. The maximum Gasteiger partial charge on any atom is 0.0711 e. The van der Waals surface area contributed by atoms with Gasteiger partial charge in [-0.1, -0.05) is 207 Å². The first-order valence-corrected chi connectivity index (χ1v) is 20.8. The smallest absolute Gasteiger partial charge is 0.0711 e. The van der Waals surface area contributed by atoms with E-state index in [1.54, 1.807) is 0 Å². The molecule has 0 amide bonds. The highest BCUT2D eigenvalue weighted by Crippen LogP contribution is 2.35. The fourth-order valence-electron chi connectivity index (χ4n) is 7.83. The molecule has 0 aromatic heterocycles. The molecule has 0 N–H and O–H groups in total. The van der Waals surface area contributed by atoms with E-state index in [1.807, 2.05) is 6.07 Å². The molecule has 0 unspecified atom stereocenters. The van der Waals surface area contributed by atoms with Crippen LogP contribution in [0.15, 0.2) is 254 Å². The fourth-order valence-corrected chi connectivity index (χ4v) is 7.83. The van der Waals surface area contributed by atoms with Crippen molar-refractivity contribution < 1.29 is 0 Å². The molecule has 0 aliphatic heterocycles. The SMILES string of the molecule is C=C(/C=C(\N=C(C)c1cc(-c2ccccc2)cc(-c2ccc(-c3ccccc3)cc2)c1)c1ccccc1)c1cc(-c2ccccc2)cc(-c2ccc(-c3ccccc3)cc2)c1. The van der Waals surface area contributed by atoms with Gasteiger partial charge >= 0.3 is 0 Å². The quantitative estimate of drug-likeness (QED) is 0.0916. The molecule has 9 aromatic carbocycles. The zero-order valence-corrected chi connectivity index (χ0v) is 34.2. The summed E-state index contributed by atoms with van der Waals surface area (Å²) in [5.41, 5.74) is 19.7. The monoisotopic (exact) mass is 779 g/mol. The normalized spacial score (nSPS) is 11.6. The molecule has 0 radical (unpaired) electrons. The van der Waals surface area contributed by atoms with Crippen molar-refractivity contribution in [1.29, 1.82) is 0 Å². The van der Waals surface area contributed by atoms with Crippen LogP contribution in [0.4, 0.5) is 0 Å². The number of allylic oxidation sites excluding steroid dienone is 2. The summed E-state index contributed by atoms with van der Waals surface area (Å²) in [4.78, 5) is 5.42. The van der Waals surface area contributed by atoms with Crippen molar-refractivity contribution in [1.82, 2.24) is 0 Å². The molecular weight excluding hydrogens is 735 g/mol. The maximum atomic E-state index is 5.42. The van der Waals surface area contributed by atoms with E-state index < -0.39 is 0 Å². The number of nitrogens with zero attached hydrogens (tertiary/aromatic N) is 1. The maximum absolute atomic E-state index is 5.42. The second-order valence-corrected chi connectivity index (χ2v) is 15.3. The Morgan fingerprint density at radius 3 is 0.951 bits per heavy atom. The predicted octanol–water partition coefficient (Wildman–Crippen LogP) is 16.3. The van der Waals surface area contributed by atoms with Crippen LogP contribution in [0.2, 0.25) is 0 Å². The summed E-state index contributed by atoms with van der Waals surface area (Å²) < 4.78 is 0. The first-order valence-electron chi connectivity index (χ1n) is 20.8. The van der Waals surface area contributed by atoms with Crippen LogP contribution in [0.5, 0.6) is 0 Å². The van der Waals surface area contributed by atoms with Crippen LogP contribution < -0.4 is 0 Å². The summed E-state index contributed by atoms with van der Waals surface area (Å²) in [6.45, 7) is 6.79. The molecule has 290 valence electrons. The van der Waals surface area contributed by atoms with Crippen molar-refractivity contribution in [2.24, 2.45) is 4.99 Å². The lowest BCUT2D eigenvalue weighted by atomic mass is 9.92. The van der Waals surface area contributed by atoms with Gasteiger partial charge in [0.25, 0.3) is 0 Å². The van der Waals surface area contributed by atoms with E-state index in [-0.39, 0.29) is 0 Å². The third kappa shape index (κ3) is 9.08. The Balaban J connectivity index is 1.12. The van der Waals surface area contributed by atoms with Gasteiger partial charge in [0.2, 0.25) is 0 Å². The van der Waals surface area contributed by atoms with Crippen molar-refractivity contribution in [3.05, 3.63) is 266 Å². The van der Waals surface area contributed by atoms with Crippen LogP contribution in [0, 0.1) is 0 Å². The Kier molecular flexibility index (Phi) is 11.4. The van der Waals surface area contributed by atoms with Gasteiger partial charge in [-0.25, -0.2) is 0 Å². The Morgan fingerprint density at radius 1 is 0.311 bits per heavy atom. The highest BCUT2D eigenvalue weighted by atomic mass is 14.8. The zero-order valence-electron chi connectivity index (χ0n) is 34.2. The van der Waals surface area contributed by atoms with Gasteiger partial charge in [-0.3, -0.25) is 4.99 Å². The van der Waals surface area contributed by atoms with Crippen molar-refractivity contribution in [3.8, 4) is 66.8 Å². The Bertz CT molecular complexity index is 2960. The molecule has 0 aliphatic rings. The Hall–Kier alpha value is -7.87. The minimum atomic E-state index is 0.848. The van der Waals surface area contributed by atoms with Gasteiger partial charge in [0.15, 0.2) is 0 Å². The minimum Gasteiger partial charge on any atom is -0.252 e. The van der Waals surface area contributed by atoms with E-state index >= 15 is 0 Å². The first-order chi connectivity index (χ1) is 30.0. The van der Waals surface area contributed by atoms with Gasteiger partial charge in [-0.15, -0.1) is 0 Å². The summed E-state index contributed by atoms with van der Waals surface area (Å²) in [5.74, 6) is 0. The lowest BCUT2D eigenvalue weighted by Gasteiger charge is -2.14. The average molecular weight is 780 g/mol. The van der Waals surface area contributed by atoms with Gasteiger partial charge in [0.05, 0.1) is 5.70 Å². The van der Waals surface area contributed by atoms with E-state index in [2.05, 4.69) is 250 Å². The number of aliphatic imine (C=N–C) groups is 1. The molecule has 0 saturated heterocycles. The van der Waals surface area contributed by atoms with Crippen molar-refractivity contribution >= 4 is 17.0 Å². The lowest BCUT2D eigenvalue weighted by Crippen LogP contribution is -1.98. The van der Waals surface area contributed by atoms with E-state index in [9.17, 15) is 0 Å². The van der Waals surface area contributed by atoms with Crippen LogP contribution in [0.1, 0.15) is 23.6 Å². The molecule has 9 aromatic rings. The van der Waals surface area contributed by atoms with Crippen LogP contribution in [-0.4, -0.2) is 5.71 Å². The summed E-state index contributed by atoms with van der Waals surface area (Å²) in [7, 11) is 0. The number of hydrogen-bond acceptors (Lipinski definition) is 1. The standard InChI is InChI=1S/C60H45N/c1-43(54-37-56(47-22-12-5-13-23-47)41-57(38-54)51-32-28-49(29-33-51)45-18-8-3-9-19-45)36-60(53-26-16-7-17-27-53)61-44(2)55-39-58(48-24-14-6-15-25-48)42-59(40-55)52-34-30-50(31-35-52)46-20-10-4-11-21-46/h3-42H,1H2,2H3/b60-36-,61-44?. The van der Waals surface area contributed by atoms with Gasteiger partial charge in [-0.05, 0) is 133 Å². The fraction of sp³-hybridized carbons (Fsp3) is 0.0167. The van der Waals surface area contributed by atoms with Crippen molar-refractivity contribution in [2.75, 3.05) is 0 Å². The summed E-state index contributed by atoms with van der Waals surface area (Å²) in [6, 6.07) is 83.9. The van der Waals surface area contributed by atoms with Gasteiger partial charge in [0.1, 0.15) is 0 Å². The van der Waals surface area contributed by atoms with E-state index in [0.717, 1.165) is 78.2 Å². The minimum absolute atomic E-state index is 0.848. The second kappa shape index (κ2) is 18.0.